The number of nitrogens with zero attached hydrogens (tertiary/aromatic N) is 2. The molecular weight excluding hydrogens is 452 g/mol. The molecule has 1 saturated heterocycles. The fourth-order valence-electron chi connectivity index (χ4n) is 4.52. The van der Waals surface area contributed by atoms with Crippen molar-refractivity contribution >= 4 is 11.7 Å². The van der Waals surface area contributed by atoms with E-state index in [9.17, 15) is 13.6 Å². The first-order chi connectivity index (χ1) is 16.8. The maximum atomic E-state index is 13.0. The smallest absolute Gasteiger partial charge is 0.255 e. The standard InChI is InChI=1S/C27H33F2N3O3/c1-17-11-24(17)31-26(33)18(2)20-3-5-22(6-4-20)34-15-19-9-10-32(14-19)25-8-7-23(13-30-25)35-16-21-12-27(21,28)29/h3-8,13,17-19,21,24H,9-12,14-16H2,1-2H3,(H,31,33). The number of amides is 1. The zero-order chi connectivity index (χ0) is 24.6. The number of benzene rings is 1. The Labute approximate surface area is 205 Å². The van der Waals surface area contributed by atoms with Gasteiger partial charge < -0.3 is 19.7 Å². The number of carbonyl (C=O) groups is 1. The van der Waals surface area contributed by atoms with Gasteiger partial charge in [-0.1, -0.05) is 19.1 Å². The molecule has 1 amide bonds. The van der Waals surface area contributed by atoms with Gasteiger partial charge in [0.25, 0.3) is 5.92 Å². The number of ether oxygens (including phenoxy) is 2. The molecular formula is C27H33F2N3O3. The highest BCUT2D eigenvalue weighted by Gasteiger charge is 2.57. The van der Waals surface area contributed by atoms with Crippen LogP contribution in [0.1, 0.15) is 44.6 Å². The fraction of sp³-hybridized carbons (Fsp3) is 0.556. The Balaban J connectivity index is 1.05. The highest BCUT2D eigenvalue weighted by Crippen LogP contribution is 2.48. The average molecular weight is 486 g/mol. The van der Waals surface area contributed by atoms with Gasteiger partial charge in [-0.2, -0.15) is 0 Å². The Kier molecular flexibility index (Phi) is 6.55. The number of hydrogen-bond donors (Lipinski definition) is 1. The Morgan fingerprint density at radius 3 is 2.49 bits per heavy atom. The van der Waals surface area contributed by atoms with Gasteiger partial charge in [-0.25, -0.2) is 13.8 Å². The summed E-state index contributed by atoms with van der Waals surface area (Å²) in [7, 11) is 0. The Morgan fingerprint density at radius 1 is 1.17 bits per heavy atom. The average Bonchev–Trinajstić information content (AvgIpc) is 3.63. The van der Waals surface area contributed by atoms with Crippen molar-refractivity contribution in [1.82, 2.24) is 10.3 Å². The molecule has 5 unspecified atom stereocenters. The van der Waals surface area contributed by atoms with Crippen LogP contribution in [0.25, 0.3) is 0 Å². The van der Waals surface area contributed by atoms with Crippen LogP contribution in [-0.2, 0) is 4.79 Å². The van der Waals surface area contributed by atoms with Gasteiger partial charge in [0.1, 0.15) is 17.3 Å². The molecule has 2 aromatic rings. The molecule has 0 bridgehead atoms. The van der Waals surface area contributed by atoms with Crippen molar-refractivity contribution in [1.29, 1.82) is 0 Å². The van der Waals surface area contributed by atoms with Crippen LogP contribution in [0.2, 0.25) is 0 Å². The maximum Gasteiger partial charge on any atom is 0.255 e. The molecule has 6 nitrogen and oxygen atoms in total. The van der Waals surface area contributed by atoms with Crippen LogP contribution < -0.4 is 19.7 Å². The van der Waals surface area contributed by atoms with Crippen molar-refractivity contribution in [2.75, 3.05) is 31.2 Å². The summed E-state index contributed by atoms with van der Waals surface area (Å²) in [4.78, 5) is 19.0. The van der Waals surface area contributed by atoms with Crippen molar-refractivity contribution in [2.24, 2.45) is 17.8 Å². The number of carbonyl (C=O) groups excluding carboxylic acids is 1. The Morgan fingerprint density at radius 2 is 1.86 bits per heavy atom. The van der Waals surface area contributed by atoms with Gasteiger partial charge >= 0.3 is 0 Å². The van der Waals surface area contributed by atoms with Crippen molar-refractivity contribution in [2.45, 2.75) is 51.0 Å². The van der Waals surface area contributed by atoms with E-state index in [1.807, 2.05) is 37.3 Å². The number of halogens is 2. The second-order valence-electron chi connectivity index (χ2n) is 10.4. The molecule has 2 saturated carbocycles. The summed E-state index contributed by atoms with van der Waals surface area (Å²) in [5.74, 6) is -0.181. The van der Waals surface area contributed by atoms with Crippen LogP contribution in [0, 0.1) is 17.8 Å². The Hall–Kier alpha value is -2.90. The number of pyridine rings is 1. The second-order valence-corrected chi connectivity index (χ2v) is 10.4. The quantitative estimate of drug-likeness (QED) is 0.531. The number of anilines is 1. The van der Waals surface area contributed by atoms with Gasteiger partial charge in [-0.05, 0) is 55.5 Å². The Bertz CT molecular complexity index is 1030. The molecule has 3 aliphatic rings. The molecule has 8 heteroatoms. The van der Waals surface area contributed by atoms with Crippen LogP contribution in [0.5, 0.6) is 11.5 Å². The van der Waals surface area contributed by atoms with E-state index < -0.39 is 11.8 Å². The van der Waals surface area contributed by atoms with Gasteiger partial charge in [0.15, 0.2) is 0 Å². The molecule has 3 fully saturated rings. The molecule has 1 aromatic heterocycles. The molecule has 35 heavy (non-hydrogen) atoms. The van der Waals surface area contributed by atoms with E-state index >= 15 is 0 Å². The summed E-state index contributed by atoms with van der Waals surface area (Å²) >= 11 is 0. The lowest BCUT2D eigenvalue weighted by molar-refractivity contribution is -0.122. The van der Waals surface area contributed by atoms with Crippen molar-refractivity contribution in [3.8, 4) is 11.5 Å². The molecule has 1 N–H and O–H groups in total. The van der Waals surface area contributed by atoms with Crippen LogP contribution in [-0.4, -0.2) is 49.2 Å². The highest BCUT2D eigenvalue weighted by molar-refractivity contribution is 5.83. The molecule has 0 spiro atoms. The van der Waals surface area contributed by atoms with E-state index in [0.29, 0.717) is 30.2 Å². The van der Waals surface area contributed by atoms with Crippen LogP contribution >= 0.6 is 0 Å². The first kappa shape index (κ1) is 23.8. The zero-order valence-electron chi connectivity index (χ0n) is 20.3. The van der Waals surface area contributed by atoms with Crippen LogP contribution in [0.15, 0.2) is 42.6 Å². The van der Waals surface area contributed by atoms with Crippen molar-refractivity contribution in [3.05, 3.63) is 48.2 Å². The number of aromatic nitrogens is 1. The monoisotopic (exact) mass is 485 g/mol. The molecule has 2 heterocycles. The van der Waals surface area contributed by atoms with E-state index in [1.165, 1.54) is 0 Å². The number of hydrogen-bond acceptors (Lipinski definition) is 5. The van der Waals surface area contributed by atoms with E-state index in [-0.39, 0.29) is 24.9 Å². The summed E-state index contributed by atoms with van der Waals surface area (Å²) in [5.41, 5.74) is 0.986. The van der Waals surface area contributed by atoms with Crippen LogP contribution in [0.4, 0.5) is 14.6 Å². The lowest BCUT2D eigenvalue weighted by atomic mass is 10.0. The van der Waals surface area contributed by atoms with Gasteiger partial charge in [0.05, 0.1) is 31.2 Å². The molecule has 0 radical (unpaired) electrons. The molecule has 188 valence electrons. The fourth-order valence-corrected chi connectivity index (χ4v) is 4.52. The predicted octanol–water partition coefficient (Wildman–Crippen LogP) is 4.65. The van der Waals surface area contributed by atoms with Gasteiger partial charge in [-0.15, -0.1) is 0 Å². The second kappa shape index (κ2) is 9.63. The predicted molar refractivity (Wildman–Crippen MR) is 129 cm³/mol. The molecule has 1 aliphatic heterocycles. The lowest BCUT2D eigenvalue weighted by Crippen LogP contribution is -2.30. The summed E-state index contributed by atoms with van der Waals surface area (Å²) in [6.07, 6.45) is 3.60. The SMILES string of the molecule is CC(C(=O)NC1CC1C)c1ccc(OCC2CCN(c3ccc(OCC4CC4(F)F)cn3)C2)cc1. The minimum absolute atomic E-state index is 0.0317. The summed E-state index contributed by atoms with van der Waals surface area (Å²) < 4.78 is 37.4. The van der Waals surface area contributed by atoms with Gasteiger partial charge in [-0.3, -0.25) is 4.79 Å². The van der Waals surface area contributed by atoms with Gasteiger partial charge in [0.2, 0.25) is 5.91 Å². The van der Waals surface area contributed by atoms with E-state index in [4.69, 9.17) is 9.47 Å². The molecule has 1 aromatic carbocycles. The normalized spacial score (nSPS) is 27.3. The van der Waals surface area contributed by atoms with Gasteiger partial charge in [0, 0.05) is 31.5 Å². The van der Waals surface area contributed by atoms with Crippen molar-refractivity contribution < 1.29 is 23.0 Å². The third-order valence-corrected chi connectivity index (χ3v) is 7.43. The highest BCUT2D eigenvalue weighted by atomic mass is 19.3. The van der Waals surface area contributed by atoms with E-state index in [2.05, 4.69) is 22.1 Å². The number of nitrogens with one attached hydrogen (secondary N) is 1. The molecule has 5 atom stereocenters. The lowest BCUT2D eigenvalue weighted by Gasteiger charge is -2.18. The molecule has 5 rings (SSSR count). The first-order valence-electron chi connectivity index (χ1n) is 12.5. The number of alkyl halides is 2. The maximum absolute atomic E-state index is 13.0. The largest absolute Gasteiger partial charge is 0.493 e. The number of rotatable bonds is 10. The van der Waals surface area contributed by atoms with E-state index in [0.717, 1.165) is 43.1 Å². The third kappa shape index (κ3) is 5.85. The minimum Gasteiger partial charge on any atom is -0.493 e. The first-order valence-corrected chi connectivity index (χ1v) is 12.5. The third-order valence-electron chi connectivity index (χ3n) is 7.43. The summed E-state index contributed by atoms with van der Waals surface area (Å²) in [5, 5.41) is 3.10. The van der Waals surface area contributed by atoms with Crippen LogP contribution in [0.3, 0.4) is 0 Å². The topological polar surface area (TPSA) is 63.7 Å². The summed E-state index contributed by atoms with van der Waals surface area (Å²) in [6.45, 7) is 6.46. The van der Waals surface area contributed by atoms with Crippen molar-refractivity contribution in [3.63, 3.8) is 0 Å². The zero-order valence-corrected chi connectivity index (χ0v) is 20.3. The minimum atomic E-state index is -2.56. The summed E-state index contributed by atoms with van der Waals surface area (Å²) in [6, 6.07) is 11.8. The molecule has 2 aliphatic carbocycles. The van der Waals surface area contributed by atoms with E-state index in [1.54, 1.807) is 12.3 Å².